The topological polar surface area (TPSA) is 105 Å². The molecule has 35 heavy (non-hydrogen) atoms. The van der Waals surface area contributed by atoms with Crippen LogP contribution in [0.2, 0.25) is 0 Å². The van der Waals surface area contributed by atoms with Gasteiger partial charge in [0.25, 0.3) is 0 Å². The molecule has 0 aliphatic carbocycles. The normalized spacial score (nSPS) is 17.4. The number of aliphatic hydroxyl groups is 1. The lowest BCUT2D eigenvalue weighted by molar-refractivity contribution is -0.136. The van der Waals surface area contributed by atoms with E-state index in [4.69, 9.17) is 25.1 Å². The first-order chi connectivity index (χ1) is 16.6. The summed E-state index contributed by atoms with van der Waals surface area (Å²) in [5, 5.41) is 7.00. The highest BCUT2D eigenvalue weighted by Crippen LogP contribution is 2.28. The number of hydrogen-bond donors (Lipinski definition) is 2. The van der Waals surface area contributed by atoms with Crippen molar-refractivity contribution in [2.45, 2.75) is 38.8 Å². The van der Waals surface area contributed by atoms with Gasteiger partial charge >= 0.3 is 6.18 Å². The quantitative estimate of drug-likeness (QED) is 0.571. The van der Waals surface area contributed by atoms with Crippen LogP contribution in [0.3, 0.4) is 0 Å². The molecule has 1 amide bonds. The lowest BCUT2D eigenvalue weighted by atomic mass is 9.82. The number of benzene rings is 1. The molecule has 0 saturated carbocycles. The van der Waals surface area contributed by atoms with Crippen molar-refractivity contribution in [3.05, 3.63) is 24.3 Å². The molecule has 202 valence electrons. The van der Waals surface area contributed by atoms with E-state index in [1.165, 1.54) is 0 Å². The number of nitrogens with two attached hydrogens (primary N) is 1. The number of primary amides is 1. The van der Waals surface area contributed by atoms with E-state index >= 15 is 0 Å². The minimum Gasteiger partial charge on any atom is -0.494 e. The van der Waals surface area contributed by atoms with E-state index in [1.807, 2.05) is 38.0 Å². The Hall–Kier alpha value is -2.37. The molecule has 0 unspecified atom stereocenters. The predicted octanol–water partition coefficient (Wildman–Crippen LogP) is 2.87. The highest BCUT2D eigenvalue weighted by molar-refractivity contribution is 5.80. The molecule has 2 fully saturated rings. The Balaban J connectivity index is 0.000000691. The molecule has 0 radical (unpaired) electrons. The number of likely N-dealkylation sites (N-methyl/N-ethyl adjacent to an activating group) is 1. The zero-order valence-corrected chi connectivity index (χ0v) is 21.0. The van der Waals surface area contributed by atoms with Crippen molar-refractivity contribution in [3.63, 3.8) is 0 Å². The van der Waals surface area contributed by atoms with Crippen LogP contribution < -0.4 is 15.4 Å². The number of halogens is 3. The van der Waals surface area contributed by atoms with E-state index in [1.54, 1.807) is 0 Å². The van der Waals surface area contributed by atoms with E-state index in [-0.39, 0.29) is 24.3 Å². The number of ether oxygens (including phenoxy) is 2. The van der Waals surface area contributed by atoms with Gasteiger partial charge in [0, 0.05) is 58.6 Å². The molecule has 0 aromatic heterocycles. The summed E-state index contributed by atoms with van der Waals surface area (Å²) >= 11 is 0. The molecule has 1 aromatic carbocycles. The average molecular weight is 508 g/mol. The van der Waals surface area contributed by atoms with Crippen molar-refractivity contribution < 1.29 is 37.3 Å². The molecular weight excluding hydrogens is 467 g/mol. The summed E-state index contributed by atoms with van der Waals surface area (Å²) in [6.07, 6.45) is -3.38. The fourth-order valence-electron chi connectivity index (χ4n) is 3.35. The van der Waals surface area contributed by atoms with Crippen LogP contribution in [0.5, 0.6) is 5.75 Å². The van der Waals surface area contributed by atoms with E-state index in [2.05, 4.69) is 16.8 Å². The van der Waals surface area contributed by atoms with E-state index in [9.17, 15) is 18.0 Å². The number of alkyl halides is 3. The minimum absolute atomic E-state index is 0.0102. The third-order valence-electron chi connectivity index (χ3n) is 5.77. The smallest absolute Gasteiger partial charge is 0.389 e. The van der Waals surface area contributed by atoms with Gasteiger partial charge in [-0.25, -0.2) is 0 Å². The van der Waals surface area contributed by atoms with Crippen LogP contribution in [0.15, 0.2) is 24.3 Å². The van der Waals surface area contributed by atoms with Gasteiger partial charge in [0.05, 0.1) is 12.0 Å². The first-order valence-electron chi connectivity index (χ1n) is 11.4. The standard InChI is InChI=1S/C15H21F3N2O.C7H13NO2.CH4O.CH2O/c1-19-8-10-20(11-9-19)13-3-5-14(6-4-13)21-12-2-7-15(16,17)18;1-7(6(8)9)2-4-10-5-3-7;2*1-2/h3-6H,2,7-12H2,1H3;2-5H2,1H3,(H2,8,9);2H,1H3;1H2. The Bertz CT molecular complexity index is 691. The maximum absolute atomic E-state index is 12.0. The van der Waals surface area contributed by atoms with Gasteiger partial charge in [-0.15, -0.1) is 0 Å². The summed E-state index contributed by atoms with van der Waals surface area (Å²) in [6, 6.07) is 7.57. The van der Waals surface area contributed by atoms with Gasteiger partial charge in [-0.1, -0.05) is 6.92 Å². The molecule has 1 aromatic rings. The van der Waals surface area contributed by atoms with Crippen molar-refractivity contribution in [2.75, 3.05) is 65.1 Å². The van der Waals surface area contributed by atoms with Gasteiger partial charge in [0.1, 0.15) is 12.5 Å². The van der Waals surface area contributed by atoms with Crippen LogP contribution in [0, 0.1) is 5.41 Å². The van der Waals surface area contributed by atoms with Crippen LogP contribution in [0.1, 0.15) is 32.6 Å². The molecule has 3 N–H and O–H groups in total. The zero-order valence-electron chi connectivity index (χ0n) is 21.0. The van der Waals surface area contributed by atoms with Gasteiger partial charge in [0.2, 0.25) is 5.91 Å². The number of carbonyl (C=O) groups is 2. The molecule has 0 bridgehead atoms. The summed E-state index contributed by atoms with van der Waals surface area (Å²) in [7, 11) is 3.11. The molecule has 2 saturated heterocycles. The zero-order chi connectivity index (χ0) is 26.9. The van der Waals surface area contributed by atoms with Crippen LogP contribution >= 0.6 is 0 Å². The van der Waals surface area contributed by atoms with E-state index in [0.717, 1.165) is 51.8 Å². The Kier molecular flexibility index (Phi) is 16.0. The van der Waals surface area contributed by atoms with Gasteiger partial charge < -0.3 is 34.9 Å². The average Bonchev–Trinajstić information content (AvgIpc) is 2.86. The molecule has 3 rings (SSSR count). The minimum atomic E-state index is -4.10. The molecular formula is C24H40F3N3O5. The summed E-state index contributed by atoms with van der Waals surface area (Å²) in [5.74, 6) is 0.422. The molecule has 0 atom stereocenters. The molecule has 8 nitrogen and oxygen atoms in total. The lowest BCUT2D eigenvalue weighted by Crippen LogP contribution is -2.44. The highest BCUT2D eigenvalue weighted by Gasteiger charge is 2.32. The first kappa shape index (κ1) is 32.6. The fraction of sp³-hybridized carbons (Fsp3) is 0.667. The first-order valence-corrected chi connectivity index (χ1v) is 11.4. The van der Waals surface area contributed by atoms with E-state index < -0.39 is 12.6 Å². The van der Waals surface area contributed by atoms with Crippen LogP contribution in [-0.2, 0) is 14.3 Å². The van der Waals surface area contributed by atoms with Gasteiger partial charge in [-0.05, 0) is 50.6 Å². The Morgan fingerprint density at radius 1 is 1.11 bits per heavy atom. The molecule has 2 heterocycles. The second-order valence-corrected chi connectivity index (χ2v) is 8.39. The maximum Gasteiger partial charge on any atom is 0.389 e. The molecule has 0 spiro atoms. The number of amides is 1. The SMILES string of the molecule is C=O.CC1(C(N)=O)CCOCC1.CN1CCN(c2ccc(OCCCC(F)(F)F)cc2)CC1.CO. The summed E-state index contributed by atoms with van der Waals surface area (Å²) in [6.45, 7) is 9.38. The Labute approximate surface area is 206 Å². The number of piperazine rings is 1. The van der Waals surface area contributed by atoms with Crippen molar-refractivity contribution in [1.82, 2.24) is 4.90 Å². The number of rotatable bonds is 6. The summed E-state index contributed by atoms with van der Waals surface area (Å²) in [4.78, 5) is 23.4. The third-order valence-corrected chi connectivity index (χ3v) is 5.77. The second-order valence-electron chi connectivity index (χ2n) is 8.39. The van der Waals surface area contributed by atoms with Crippen molar-refractivity contribution >= 4 is 18.4 Å². The number of nitrogens with zero attached hydrogens (tertiary/aromatic N) is 2. The van der Waals surface area contributed by atoms with Crippen molar-refractivity contribution in [1.29, 1.82) is 0 Å². The lowest BCUT2D eigenvalue weighted by Gasteiger charge is -2.34. The maximum atomic E-state index is 12.0. The summed E-state index contributed by atoms with van der Waals surface area (Å²) in [5.41, 5.74) is 6.03. The summed E-state index contributed by atoms with van der Waals surface area (Å²) < 4.78 is 46.5. The van der Waals surface area contributed by atoms with Gasteiger partial charge in [0.15, 0.2) is 0 Å². The largest absolute Gasteiger partial charge is 0.494 e. The number of hydrogen-bond acceptors (Lipinski definition) is 7. The van der Waals surface area contributed by atoms with Crippen LogP contribution in [0.4, 0.5) is 18.9 Å². The monoisotopic (exact) mass is 507 g/mol. The van der Waals surface area contributed by atoms with Crippen molar-refractivity contribution in [2.24, 2.45) is 11.1 Å². The van der Waals surface area contributed by atoms with E-state index in [0.29, 0.717) is 19.0 Å². The fourth-order valence-corrected chi connectivity index (χ4v) is 3.35. The number of anilines is 1. The number of carbonyl (C=O) groups excluding carboxylic acids is 2. The Morgan fingerprint density at radius 3 is 2.06 bits per heavy atom. The van der Waals surface area contributed by atoms with Crippen molar-refractivity contribution in [3.8, 4) is 5.75 Å². The molecule has 2 aliphatic heterocycles. The van der Waals surface area contributed by atoms with Crippen LogP contribution in [-0.4, -0.2) is 89.0 Å². The number of aliphatic hydroxyl groups excluding tert-OH is 1. The van der Waals surface area contributed by atoms with Crippen LogP contribution in [0.25, 0.3) is 0 Å². The predicted molar refractivity (Wildman–Crippen MR) is 130 cm³/mol. The second kappa shape index (κ2) is 17.1. The Morgan fingerprint density at radius 2 is 1.63 bits per heavy atom. The van der Waals surface area contributed by atoms with Gasteiger partial charge in [-0.3, -0.25) is 4.79 Å². The van der Waals surface area contributed by atoms with Gasteiger partial charge in [-0.2, -0.15) is 13.2 Å². The molecule has 2 aliphatic rings. The molecule has 11 heteroatoms. The highest BCUT2D eigenvalue weighted by atomic mass is 19.4. The third kappa shape index (κ3) is 13.3.